The first-order valence-electron chi connectivity index (χ1n) is 6.97. The van der Waals surface area contributed by atoms with Gasteiger partial charge in [-0.1, -0.05) is 41.7 Å². The van der Waals surface area contributed by atoms with Gasteiger partial charge in [0.25, 0.3) is 0 Å². The van der Waals surface area contributed by atoms with Crippen molar-refractivity contribution in [2.24, 2.45) is 0 Å². The molecule has 1 unspecified atom stereocenters. The number of aliphatic hydroxyl groups is 1. The lowest BCUT2D eigenvalue weighted by molar-refractivity contribution is 0.0883. The summed E-state index contributed by atoms with van der Waals surface area (Å²) in [5, 5.41) is 13.0. The van der Waals surface area contributed by atoms with Crippen LogP contribution in [-0.4, -0.2) is 40.2 Å². The van der Waals surface area contributed by atoms with Crippen LogP contribution in [0.3, 0.4) is 0 Å². The van der Waals surface area contributed by atoms with E-state index in [9.17, 15) is 9.90 Å². The number of anilines is 1. The van der Waals surface area contributed by atoms with Crippen molar-refractivity contribution < 1.29 is 9.90 Å². The van der Waals surface area contributed by atoms with Gasteiger partial charge in [0.05, 0.1) is 11.0 Å². The number of nitrogens with zero attached hydrogens (tertiary/aromatic N) is 2. The predicted molar refractivity (Wildman–Crippen MR) is 83.4 cm³/mol. The Balaban J connectivity index is 1.66. The summed E-state index contributed by atoms with van der Waals surface area (Å²) in [5.41, 5.74) is 1.09. The van der Waals surface area contributed by atoms with E-state index in [2.05, 4.69) is 10.3 Å². The smallest absolute Gasteiger partial charge is 0.323 e. The van der Waals surface area contributed by atoms with Crippen molar-refractivity contribution in [3.8, 4) is 10.4 Å². The minimum absolute atomic E-state index is 0.192. The summed E-state index contributed by atoms with van der Waals surface area (Å²) in [6.45, 7) is 1.07. The van der Waals surface area contributed by atoms with Crippen LogP contribution >= 0.6 is 11.3 Å². The summed E-state index contributed by atoms with van der Waals surface area (Å²) >= 11 is 1.45. The van der Waals surface area contributed by atoms with Gasteiger partial charge in [0.15, 0.2) is 5.13 Å². The molecule has 0 spiro atoms. The number of nitrogens with one attached hydrogen (secondary N) is 1. The minimum Gasteiger partial charge on any atom is -0.391 e. The Bertz CT molecular complexity index is 614. The molecule has 5 nitrogen and oxygen atoms in total. The Hall–Kier alpha value is -1.92. The highest BCUT2D eigenvalue weighted by Crippen LogP contribution is 2.28. The fraction of sp³-hybridized carbons (Fsp3) is 0.333. The molecule has 0 bridgehead atoms. The average molecular weight is 303 g/mol. The third-order valence-electron chi connectivity index (χ3n) is 3.46. The maximum Gasteiger partial charge on any atom is 0.323 e. The lowest BCUT2D eigenvalue weighted by Gasteiger charge is -2.29. The van der Waals surface area contributed by atoms with Gasteiger partial charge in [-0.3, -0.25) is 5.32 Å². The minimum atomic E-state index is -0.416. The van der Waals surface area contributed by atoms with Crippen molar-refractivity contribution in [1.82, 2.24) is 9.88 Å². The molecule has 1 atom stereocenters. The Morgan fingerprint density at radius 3 is 2.95 bits per heavy atom. The number of rotatable bonds is 2. The molecule has 3 rings (SSSR count). The molecule has 2 amide bonds. The maximum atomic E-state index is 12.1. The fourth-order valence-corrected chi connectivity index (χ4v) is 3.19. The quantitative estimate of drug-likeness (QED) is 0.896. The van der Waals surface area contributed by atoms with E-state index in [1.165, 1.54) is 11.3 Å². The van der Waals surface area contributed by atoms with Gasteiger partial charge in [0.1, 0.15) is 0 Å². The molecule has 1 fully saturated rings. The Morgan fingerprint density at radius 2 is 2.19 bits per heavy atom. The number of likely N-dealkylation sites (tertiary alicyclic amines) is 1. The second-order valence-electron chi connectivity index (χ2n) is 5.07. The lowest BCUT2D eigenvalue weighted by Crippen LogP contribution is -2.44. The first-order valence-corrected chi connectivity index (χ1v) is 7.79. The van der Waals surface area contributed by atoms with Gasteiger partial charge in [-0.05, 0) is 18.4 Å². The highest BCUT2D eigenvalue weighted by atomic mass is 32.1. The molecule has 1 aliphatic heterocycles. The molecule has 2 heterocycles. The third-order valence-corrected chi connectivity index (χ3v) is 4.42. The van der Waals surface area contributed by atoms with E-state index >= 15 is 0 Å². The summed E-state index contributed by atoms with van der Waals surface area (Å²) in [5.74, 6) is 0. The Kier molecular flexibility index (Phi) is 4.17. The summed E-state index contributed by atoms with van der Waals surface area (Å²) in [6.07, 6.45) is 2.95. The normalized spacial score (nSPS) is 18.5. The number of hydrogen-bond acceptors (Lipinski definition) is 4. The van der Waals surface area contributed by atoms with Crippen LogP contribution in [0.2, 0.25) is 0 Å². The first-order chi connectivity index (χ1) is 10.2. The molecule has 0 aliphatic carbocycles. The van der Waals surface area contributed by atoms with Gasteiger partial charge in [0.2, 0.25) is 0 Å². The Morgan fingerprint density at radius 1 is 1.38 bits per heavy atom. The molecule has 1 aromatic heterocycles. The monoisotopic (exact) mass is 303 g/mol. The summed E-state index contributed by atoms with van der Waals surface area (Å²) in [6, 6.07) is 9.75. The second kappa shape index (κ2) is 6.24. The van der Waals surface area contributed by atoms with E-state index in [0.29, 0.717) is 18.2 Å². The Labute approximate surface area is 127 Å². The van der Waals surface area contributed by atoms with Gasteiger partial charge in [0, 0.05) is 19.3 Å². The van der Waals surface area contributed by atoms with Crippen molar-refractivity contribution in [3.05, 3.63) is 36.5 Å². The molecule has 1 saturated heterocycles. The summed E-state index contributed by atoms with van der Waals surface area (Å²) < 4.78 is 0. The van der Waals surface area contributed by atoms with Crippen molar-refractivity contribution in [3.63, 3.8) is 0 Å². The molecule has 0 saturated carbocycles. The highest BCUT2D eigenvalue weighted by Gasteiger charge is 2.22. The van der Waals surface area contributed by atoms with Gasteiger partial charge in [-0.2, -0.15) is 0 Å². The van der Waals surface area contributed by atoms with Gasteiger partial charge in [-0.25, -0.2) is 9.78 Å². The SMILES string of the molecule is O=C(Nc1ncc(-c2ccccc2)s1)N1CCCC(O)C1. The first kappa shape index (κ1) is 14.0. The van der Waals surface area contributed by atoms with Crippen LogP contribution in [0.4, 0.5) is 9.93 Å². The highest BCUT2D eigenvalue weighted by molar-refractivity contribution is 7.19. The maximum absolute atomic E-state index is 12.1. The van der Waals surface area contributed by atoms with Gasteiger partial charge >= 0.3 is 6.03 Å². The van der Waals surface area contributed by atoms with Crippen LogP contribution in [0.25, 0.3) is 10.4 Å². The van der Waals surface area contributed by atoms with Crippen LogP contribution in [0.1, 0.15) is 12.8 Å². The van der Waals surface area contributed by atoms with E-state index < -0.39 is 6.10 Å². The molecular formula is C15H17N3O2S. The number of aliphatic hydroxyl groups excluding tert-OH is 1. The topological polar surface area (TPSA) is 65.5 Å². The average Bonchev–Trinajstić information content (AvgIpc) is 2.97. The second-order valence-corrected chi connectivity index (χ2v) is 6.10. The fourth-order valence-electron chi connectivity index (χ4n) is 2.38. The van der Waals surface area contributed by atoms with Crippen LogP contribution in [0, 0.1) is 0 Å². The van der Waals surface area contributed by atoms with Crippen LogP contribution < -0.4 is 5.32 Å². The number of piperidine rings is 1. The van der Waals surface area contributed by atoms with Crippen molar-refractivity contribution in [2.45, 2.75) is 18.9 Å². The molecular weight excluding hydrogens is 286 g/mol. The lowest BCUT2D eigenvalue weighted by atomic mass is 10.1. The summed E-state index contributed by atoms with van der Waals surface area (Å²) in [7, 11) is 0. The molecule has 1 aliphatic rings. The number of hydrogen-bond donors (Lipinski definition) is 2. The van der Waals surface area contributed by atoms with E-state index in [1.54, 1.807) is 11.1 Å². The zero-order chi connectivity index (χ0) is 14.7. The molecule has 1 aromatic carbocycles. The standard InChI is InChI=1S/C15H17N3O2S/c19-12-7-4-8-18(10-12)15(20)17-14-16-9-13(21-14)11-5-2-1-3-6-11/h1-3,5-6,9,12,19H,4,7-8,10H2,(H,16,17,20). The molecule has 21 heavy (non-hydrogen) atoms. The zero-order valence-corrected chi connectivity index (χ0v) is 12.3. The third kappa shape index (κ3) is 3.40. The molecule has 0 radical (unpaired) electrons. The number of urea groups is 1. The van der Waals surface area contributed by atoms with E-state index in [1.807, 2.05) is 30.3 Å². The molecule has 110 valence electrons. The van der Waals surface area contributed by atoms with Crippen molar-refractivity contribution in [2.75, 3.05) is 18.4 Å². The van der Waals surface area contributed by atoms with Gasteiger partial charge < -0.3 is 10.0 Å². The largest absolute Gasteiger partial charge is 0.391 e. The summed E-state index contributed by atoms with van der Waals surface area (Å²) in [4.78, 5) is 19.0. The number of carbonyl (C=O) groups excluding carboxylic acids is 1. The van der Waals surface area contributed by atoms with E-state index in [-0.39, 0.29) is 6.03 Å². The number of aromatic nitrogens is 1. The molecule has 2 N–H and O–H groups in total. The molecule has 2 aromatic rings. The van der Waals surface area contributed by atoms with E-state index in [4.69, 9.17) is 0 Å². The van der Waals surface area contributed by atoms with Crippen molar-refractivity contribution >= 4 is 22.5 Å². The zero-order valence-electron chi connectivity index (χ0n) is 11.5. The molecule has 6 heteroatoms. The van der Waals surface area contributed by atoms with Crippen LogP contribution in [0.15, 0.2) is 36.5 Å². The predicted octanol–water partition coefficient (Wildman–Crippen LogP) is 2.80. The number of amides is 2. The van der Waals surface area contributed by atoms with E-state index in [0.717, 1.165) is 23.3 Å². The van der Waals surface area contributed by atoms with Crippen LogP contribution in [-0.2, 0) is 0 Å². The van der Waals surface area contributed by atoms with Gasteiger partial charge in [-0.15, -0.1) is 0 Å². The van der Waals surface area contributed by atoms with Crippen molar-refractivity contribution in [1.29, 1.82) is 0 Å². The number of carbonyl (C=O) groups is 1. The van der Waals surface area contributed by atoms with Crippen LogP contribution in [0.5, 0.6) is 0 Å². The number of thiazole rings is 1. The number of β-amino-alcohol motifs (C(OH)–C–C–N with tert-alkyl or cyclic N) is 1. The number of benzene rings is 1.